The van der Waals surface area contributed by atoms with E-state index in [1.165, 1.54) is 22.7 Å². The van der Waals surface area contributed by atoms with Crippen molar-refractivity contribution in [3.63, 3.8) is 0 Å². The zero-order valence-electron chi connectivity index (χ0n) is 16.2. The minimum Gasteiger partial charge on any atom is -0.298 e. The highest BCUT2D eigenvalue weighted by Gasteiger charge is 2.32. The van der Waals surface area contributed by atoms with Crippen LogP contribution in [-0.2, 0) is 17.6 Å². The first-order chi connectivity index (χ1) is 15.4. The number of Topliss-reactive ketones (excluding diaryl/α,β-unsaturated/α-hetero) is 1. The van der Waals surface area contributed by atoms with Crippen LogP contribution in [0.15, 0.2) is 48.8 Å². The van der Waals surface area contributed by atoms with Crippen LogP contribution in [0.2, 0.25) is 19.2 Å². The molecule has 0 spiro atoms. The number of nitrogens with zero attached hydrogens (tertiary/aromatic N) is 4. The van der Waals surface area contributed by atoms with Gasteiger partial charge in [0.1, 0.15) is 5.78 Å². The molecule has 4 aromatic rings. The molecule has 2 atom stereocenters. The van der Waals surface area contributed by atoms with E-state index in [1.807, 2.05) is 12.1 Å². The number of hydrogen-bond donors (Lipinski definition) is 0. The summed E-state index contributed by atoms with van der Waals surface area (Å²) in [5, 5.41) is 0.269. The first-order valence-electron chi connectivity index (χ1n) is 9.38. The highest BCUT2D eigenvalue weighted by Crippen LogP contribution is 2.38. The van der Waals surface area contributed by atoms with Gasteiger partial charge in [-0.2, -0.15) is 0 Å². The Kier molecular flexibility index (Phi) is 7.76. The van der Waals surface area contributed by atoms with Crippen LogP contribution in [-0.4, -0.2) is 25.7 Å². The molecule has 164 valence electrons. The number of aromatic nitrogens is 4. The molecular weight excluding hydrogens is 530 g/mol. The number of ketones is 1. The minimum absolute atomic E-state index is 0.00602. The van der Waals surface area contributed by atoms with Crippen molar-refractivity contribution in [2.45, 2.75) is 24.7 Å². The predicted octanol–water partition coefficient (Wildman–Crippen LogP) is 6.93. The van der Waals surface area contributed by atoms with Crippen LogP contribution in [0.3, 0.4) is 0 Å². The minimum atomic E-state index is -0.485. The van der Waals surface area contributed by atoms with E-state index in [2.05, 4.69) is 19.9 Å². The Labute approximate surface area is 212 Å². The molecule has 0 fully saturated rings. The van der Waals surface area contributed by atoms with Crippen molar-refractivity contribution in [3.05, 3.63) is 89.2 Å². The average molecular weight is 544 g/mol. The standard InChI is InChI=1S/C21H14Cl4N4OS2/c22-17-3-1-15(31-17)13(9-11-5-7-26-20(24)28-11)19(30)14(16-2-4-18(23)32-16)10-12-6-8-27-21(25)29-12/h1-8,13-14H,9-10H2. The molecular formula is C21H14Cl4N4OS2. The highest BCUT2D eigenvalue weighted by atomic mass is 35.5. The van der Waals surface area contributed by atoms with Gasteiger partial charge in [0.15, 0.2) is 0 Å². The van der Waals surface area contributed by atoms with Gasteiger partial charge in [-0.15, -0.1) is 22.7 Å². The first kappa shape index (κ1) is 23.5. The van der Waals surface area contributed by atoms with Crippen LogP contribution in [0.5, 0.6) is 0 Å². The van der Waals surface area contributed by atoms with Gasteiger partial charge in [0.25, 0.3) is 0 Å². The van der Waals surface area contributed by atoms with Crippen LogP contribution in [0.1, 0.15) is 33.0 Å². The molecule has 0 aliphatic rings. The number of hydrogen-bond acceptors (Lipinski definition) is 7. The van der Waals surface area contributed by atoms with Crippen molar-refractivity contribution < 1.29 is 4.79 Å². The predicted molar refractivity (Wildman–Crippen MR) is 131 cm³/mol. The summed E-state index contributed by atoms with van der Waals surface area (Å²) in [6.45, 7) is 0. The van der Waals surface area contributed by atoms with E-state index in [9.17, 15) is 4.79 Å². The average Bonchev–Trinajstić information content (AvgIpc) is 3.38. The highest BCUT2D eigenvalue weighted by molar-refractivity contribution is 7.16. The van der Waals surface area contributed by atoms with E-state index in [-0.39, 0.29) is 16.4 Å². The molecule has 0 amide bonds. The summed E-state index contributed by atoms with van der Waals surface area (Å²) < 4.78 is 1.22. The fraction of sp³-hybridized carbons (Fsp3) is 0.190. The molecule has 0 bridgehead atoms. The third kappa shape index (κ3) is 5.84. The van der Waals surface area contributed by atoms with Crippen molar-refractivity contribution >= 4 is 74.9 Å². The maximum atomic E-state index is 14.0. The van der Waals surface area contributed by atoms with Crippen molar-refractivity contribution in [3.8, 4) is 0 Å². The lowest BCUT2D eigenvalue weighted by atomic mass is 9.84. The number of thiophene rings is 2. The van der Waals surface area contributed by atoms with Crippen LogP contribution < -0.4 is 0 Å². The number of carbonyl (C=O) groups excluding carboxylic acids is 1. The molecule has 11 heteroatoms. The monoisotopic (exact) mass is 542 g/mol. The maximum absolute atomic E-state index is 14.0. The molecule has 0 saturated carbocycles. The Hall–Kier alpha value is -1.61. The number of rotatable bonds is 8. The van der Waals surface area contributed by atoms with Gasteiger partial charge in [0.05, 0.1) is 20.5 Å². The van der Waals surface area contributed by atoms with E-state index in [4.69, 9.17) is 46.4 Å². The zero-order chi connectivity index (χ0) is 22.7. The van der Waals surface area contributed by atoms with E-state index in [1.54, 1.807) is 36.7 Å². The molecule has 0 aliphatic heterocycles. The summed E-state index contributed by atoms with van der Waals surface area (Å²) >= 11 is 27.1. The van der Waals surface area contributed by atoms with Gasteiger partial charge >= 0.3 is 0 Å². The number of carbonyl (C=O) groups is 1. The molecule has 0 aromatic carbocycles. The molecule has 2 unspecified atom stereocenters. The summed E-state index contributed by atoms with van der Waals surface area (Å²) in [5.41, 5.74) is 1.34. The fourth-order valence-corrected chi connectivity index (χ4v) is 6.01. The molecule has 0 radical (unpaired) electrons. The summed E-state index contributed by atoms with van der Waals surface area (Å²) in [6.07, 6.45) is 3.87. The molecule has 0 aliphatic carbocycles. The van der Waals surface area contributed by atoms with Gasteiger partial charge in [-0.3, -0.25) is 4.79 Å². The molecule has 4 aromatic heterocycles. The van der Waals surface area contributed by atoms with Crippen molar-refractivity contribution in [1.29, 1.82) is 0 Å². The Balaban J connectivity index is 1.73. The summed E-state index contributed by atoms with van der Waals surface area (Å²) in [7, 11) is 0. The van der Waals surface area contributed by atoms with E-state index in [0.29, 0.717) is 32.9 Å². The van der Waals surface area contributed by atoms with Gasteiger partial charge in [0.2, 0.25) is 10.6 Å². The Morgan fingerprint density at radius 2 is 1.16 bits per heavy atom. The molecule has 0 saturated heterocycles. The lowest BCUT2D eigenvalue weighted by Gasteiger charge is -2.21. The summed E-state index contributed by atoms with van der Waals surface area (Å²) in [4.78, 5) is 32.1. The van der Waals surface area contributed by atoms with Crippen LogP contribution >= 0.6 is 69.1 Å². The van der Waals surface area contributed by atoms with E-state index < -0.39 is 11.8 Å². The topological polar surface area (TPSA) is 68.6 Å². The van der Waals surface area contributed by atoms with Gasteiger partial charge < -0.3 is 0 Å². The molecule has 4 rings (SSSR count). The van der Waals surface area contributed by atoms with Gasteiger partial charge in [-0.25, -0.2) is 19.9 Å². The second-order valence-corrected chi connectivity index (χ2v) is 11.0. The first-order valence-corrected chi connectivity index (χ1v) is 12.5. The molecule has 32 heavy (non-hydrogen) atoms. The third-order valence-corrected chi connectivity index (χ3v) is 7.81. The second kappa shape index (κ2) is 10.5. The van der Waals surface area contributed by atoms with Crippen molar-refractivity contribution in [2.24, 2.45) is 0 Å². The van der Waals surface area contributed by atoms with Crippen molar-refractivity contribution in [1.82, 2.24) is 19.9 Å². The fourth-order valence-electron chi connectivity index (χ4n) is 3.34. The smallest absolute Gasteiger partial charge is 0.222 e. The van der Waals surface area contributed by atoms with Crippen LogP contribution in [0, 0.1) is 0 Å². The Morgan fingerprint density at radius 1 is 0.719 bits per heavy atom. The largest absolute Gasteiger partial charge is 0.298 e. The lowest BCUT2D eigenvalue weighted by molar-refractivity contribution is -0.121. The van der Waals surface area contributed by atoms with Crippen LogP contribution in [0.4, 0.5) is 0 Å². The number of halogens is 4. The summed E-state index contributed by atoms with van der Waals surface area (Å²) in [5.74, 6) is -0.963. The quantitative estimate of drug-likeness (QED) is 0.225. The van der Waals surface area contributed by atoms with Gasteiger partial charge in [-0.1, -0.05) is 23.2 Å². The maximum Gasteiger partial charge on any atom is 0.222 e. The van der Waals surface area contributed by atoms with E-state index in [0.717, 1.165) is 9.75 Å². The molecule has 4 heterocycles. The van der Waals surface area contributed by atoms with Crippen molar-refractivity contribution in [2.75, 3.05) is 0 Å². The Morgan fingerprint density at radius 3 is 1.50 bits per heavy atom. The van der Waals surface area contributed by atoms with Gasteiger partial charge in [0, 0.05) is 46.4 Å². The molecule has 0 N–H and O–H groups in total. The normalized spacial score (nSPS) is 13.1. The lowest BCUT2D eigenvalue weighted by Crippen LogP contribution is -2.24. The summed E-state index contributed by atoms with van der Waals surface area (Å²) in [6, 6.07) is 10.8. The second-order valence-electron chi connectivity index (χ2n) is 6.83. The van der Waals surface area contributed by atoms with E-state index >= 15 is 0 Å². The SMILES string of the molecule is O=C(C(Cc1ccnc(Cl)n1)c1ccc(Cl)s1)C(Cc1ccnc(Cl)n1)c1ccc(Cl)s1. The Bertz CT molecular complexity index is 1150. The van der Waals surface area contributed by atoms with Crippen LogP contribution in [0.25, 0.3) is 0 Å². The third-order valence-electron chi connectivity index (χ3n) is 4.76. The zero-order valence-corrected chi connectivity index (χ0v) is 20.9. The van der Waals surface area contributed by atoms with Gasteiger partial charge in [-0.05, 0) is 59.6 Å². The molecule has 5 nitrogen and oxygen atoms in total.